The van der Waals surface area contributed by atoms with Crippen LogP contribution < -0.4 is 0 Å². The van der Waals surface area contributed by atoms with E-state index in [0.717, 1.165) is 26.1 Å². The molecule has 6 nitrogen and oxygen atoms in total. The largest absolute Gasteiger partial charge is 0.450 e. The smallest absolute Gasteiger partial charge is 0.247 e. The molecular formula is C12H19BrN2O4S. The van der Waals surface area contributed by atoms with Crippen LogP contribution in [0.1, 0.15) is 19.1 Å². The Morgan fingerprint density at radius 2 is 2.00 bits per heavy atom. The Kier molecular flexibility index (Phi) is 5.25. The Morgan fingerprint density at radius 1 is 1.35 bits per heavy atom. The summed E-state index contributed by atoms with van der Waals surface area (Å²) in [5.74, 6) is 0.236. The van der Waals surface area contributed by atoms with Crippen LogP contribution in [-0.2, 0) is 16.6 Å². The molecule has 1 aliphatic heterocycles. The van der Waals surface area contributed by atoms with Crippen molar-refractivity contribution in [2.45, 2.75) is 24.8 Å². The quantitative estimate of drug-likeness (QED) is 0.848. The molecule has 2 rings (SSSR count). The van der Waals surface area contributed by atoms with Crippen molar-refractivity contribution in [2.24, 2.45) is 0 Å². The first kappa shape index (κ1) is 16.0. The highest BCUT2D eigenvalue weighted by Gasteiger charge is 2.31. The lowest BCUT2D eigenvalue weighted by molar-refractivity contribution is 0.188. The third kappa shape index (κ3) is 3.25. The predicted octanol–water partition coefficient (Wildman–Crippen LogP) is 1.25. The highest BCUT2D eigenvalue weighted by molar-refractivity contribution is 9.10. The maximum absolute atomic E-state index is 12.5. The number of aliphatic hydroxyl groups is 1. The molecular weight excluding hydrogens is 348 g/mol. The molecule has 0 saturated carbocycles. The summed E-state index contributed by atoms with van der Waals surface area (Å²) in [6.07, 6.45) is 1.07. The van der Waals surface area contributed by atoms with Gasteiger partial charge in [0.05, 0.1) is 0 Å². The zero-order valence-electron chi connectivity index (χ0n) is 11.4. The van der Waals surface area contributed by atoms with E-state index in [1.54, 1.807) is 0 Å². The molecule has 1 N–H and O–H groups in total. The van der Waals surface area contributed by atoms with Gasteiger partial charge in [-0.05, 0) is 28.9 Å². The van der Waals surface area contributed by atoms with Gasteiger partial charge in [0.25, 0.3) is 0 Å². The minimum absolute atomic E-state index is 0.0884. The third-order valence-electron chi connectivity index (χ3n) is 3.35. The first-order valence-corrected chi connectivity index (χ1v) is 8.84. The lowest BCUT2D eigenvalue weighted by atomic mass is 10.3. The summed E-state index contributed by atoms with van der Waals surface area (Å²) in [5.41, 5.74) is 0. The summed E-state index contributed by atoms with van der Waals surface area (Å²) in [6, 6.07) is 1.37. The van der Waals surface area contributed by atoms with Gasteiger partial charge in [-0.25, -0.2) is 8.42 Å². The Balaban J connectivity index is 2.13. The minimum Gasteiger partial charge on any atom is -0.450 e. The van der Waals surface area contributed by atoms with Gasteiger partial charge in [-0.1, -0.05) is 6.92 Å². The van der Waals surface area contributed by atoms with E-state index in [0.29, 0.717) is 13.1 Å². The molecule has 0 spiro atoms. The predicted molar refractivity (Wildman–Crippen MR) is 77.8 cm³/mol. The zero-order valence-corrected chi connectivity index (χ0v) is 13.8. The van der Waals surface area contributed by atoms with Crippen LogP contribution in [0.4, 0.5) is 0 Å². The Hall–Kier alpha value is -0.410. The summed E-state index contributed by atoms with van der Waals surface area (Å²) >= 11 is 3.10. The van der Waals surface area contributed by atoms with E-state index in [9.17, 15) is 8.42 Å². The summed E-state index contributed by atoms with van der Waals surface area (Å²) < 4.78 is 31.8. The molecule has 0 atom stereocenters. The molecule has 0 aromatic carbocycles. The van der Waals surface area contributed by atoms with Crippen molar-refractivity contribution in [1.29, 1.82) is 0 Å². The fraction of sp³-hybridized carbons (Fsp3) is 0.667. The van der Waals surface area contributed by atoms with Gasteiger partial charge in [-0.15, -0.1) is 0 Å². The van der Waals surface area contributed by atoms with Gasteiger partial charge in [0.2, 0.25) is 10.0 Å². The monoisotopic (exact) mass is 366 g/mol. The fourth-order valence-electron chi connectivity index (χ4n) is 2.30. The number of nitrogens with zero attached hydrogens (tertiary/aromatic N) is 2. The van der Waals surface area contributed by atoms with Gasteiger partial charge in [-0.3, -0.25) is 0 Å². The van der Waals surface area contributed by atoms with Crippen LogP contribution in [0.5, 0.6) is 0 Å². The van der Waals surface area contributed by atoms with Gasteiger partial charge in [0.15, 0.2) is 4.67 Å². The van der Waals surface area contributed by atoms with Crippen LogP contribution in [0.25, 0.3) is 0 Å². The molecule has 0 aliphatic carbocycles. The average Bonchev–Trinajstić information content (AvgIpc) is 2.82. The fourth-order valence-corrected chi connectivity index (χ4v) is 4.68. The summed E-state index contributed by atoms with van der Waals surface area (Å²) in [7, 11) is -3.57. The Bertz CT molecular complexity index is 550. The first-order valence-electron chi connectivity index (χ1n) is 6.60. The summed E-state index contributed by atoms with van der Waals surface area (Å²) in [4.78, 5) is 2.35. The van der Waals surface area contributed by atoms with Crippen LogP contribution in [0.2, 0.25) is 0 Å². The molecule has 1 aliphatic rings. The van der Waals surface area contributed by atoms with E-state index < -0.39 is 10.0 Å². The van der Waals surface area contributed by atoms with E-state index >= 15 is 0 Å². The number of piperazine rings is 1. The first-order chi connectivity index (χ1) is 9.48. The molecule has 1 aromatic rings. The number of furan rings is 1. The Labute approximate surface area is 127 Å². The van der Waals surface area contributed by atoms with Crippen molar-refractivity contribution in [3.8, 4) is 0 Å². The van der Waals surface area contributed by atoms with E-state index in [-0.39, 0.29) is 21.9 Å². The van der Waals surface area contributed by atoms with Crippen molar-refractivity contribution in [1.82, 2.24) is 9.21 Å². The van der Waals surface area contributed by atoms with Crippen LogP contribution in [0.15, 0.2) is 20.0 Å². The number of hydrogen-bond donors (Lipinski definition) is 1. The van der Waals surface area contributed by atoms with Crippen LogP contribution in [0.3, 0.4) is 0 Å². The molecule has 0 bridgehead atoms. The van der Waals surface area contributed by atoms with Crippen molar-refractivity contribution in [3.05, 3.63) is 16.5 Å². The molecule has 1 fully saturated rings. The molecule has 114 valence electrons. The molecule has 0 amide bonds. The molecule has 0 unspecified atom stereocenters. The highest BCUT2D eigenvalue weighted by Crippen LogP contribution is 2.29. The number of rotatable bonds is 5. The summed E-state index contributed by atoms with van der Waals surface area (Å²) in [6.45, 7) is 5.24. The van der Waals surface area contributed by atoms with E-state index in [4.69, 9.17) is 9.52 Å². The topological polar surface area (TPSA) is 74.0 Å². The van der Waals surface area contributed by atoms with Crippen molar-refractivity contribution < 1.29 is 17.9 Å². The maximum Gasteiger partial charge on any atom is 0.247 e. The number of sulfonamides is 1. The van der Waals surface area contributed by atoms with Crippen LogP contribution >= 0.6 is 15.9 Å². The van der Waals surface area contributed by atoms with Gasteiger partial charge in [0, 0.05) is 32.2 Å². The normalized spacial score (nSPS) is 18.6. The molecule has 0 radical (unpaired) electrons. The average molecular weight is 367 g/mol. The third-order valence-corrected chi connectivity index (χ3v) is 6.11. The number of halogens is 1. The molecule has 1 aromatic heterocycles. The van der Waals surface area contributed by atoms with Crippen molar-refractivity contribution >= 4 is 26.0 Å². The molecule has 1 saturated heterocycles. The standard InChI is InChI=1S/C12H19BrN2O4S/c1-2-3-14-4-6-15(7-5-14)20(17,18)11-8-10(9-16)19-12(11)13/h8,16H,2-7,9H2,1H3. The summed E-state index contributed by atoms with van der Waals surface area (Å²) in [5, 5.41) is 9.02. The molecule has 20 heavy (non-hydrogen) atoms. The van der Waals surface area contributed by atoms with Crippen LogP contribution in [-0.4, -0.2) is 55.5 Å². The lowest BCUT2D eigenvalue weighted by Gasteiger charge is -2.33. The van der Waals surface area contributed by atoms with Gasteiger partial charge >= 0.3 is 0 Å². The van der Waals surface area contributed by atoms with Crippen molar-refractivity contribution in [2.75, 3.05) is 32.7 Å². The second kappa shape index (κ2) is 6.57. The van der Waals surface area contributed by atoms with E-state index in [1.165, 1.54) is 10.4 Å². The van der Waals surface area contributed by atoms with Crippen LogP contribution in [0, 0.1) is 0 Å². The molecule has 2 heterocycles. The van der Waals surface area contributed by atoms with E-state index in [1.807, 2.05) is 0 Å². The Morgan fingerprint density at radius 3 is 2.50 bits per heavy atom. The van der Waals surface area contributed by atoms with Gasteiger partial charge in [-0.2, -0.15) is 4.31 Å². The maximum atomic E-state index is 12.5. The van der Waals surface area contributed by atoms with E-state index in [2.05, 4.69) is 27.8 Å². The van der Waals surface area contributed by atoms with Gasteiger partial charge in [0.1, 0.15) is 17.3 Å². The number of aliphatic hydroxyl groups excluding tert-OH is 1. The van der Waals surface area contributed by atoms with Crippen molar-refractivity contribution in [3.63, 3.8) is 0 Å². The lowest BCUT2D eigenvalue weighted by Crippen LogP contribution is -2.48. The second-order valence-electron chi connectivity index (χ2n) is 4.75. The second-order valence-corrected chi connectivity index (χ2v) is 7.38. The molecule has 8 heteroatoms. The number of hydrogen-bond acceptors (Lipinski definition) is 5. The zero-order chi connectivity index (χ0) is 14.8. The van der Waals surface area contributed by atoms with Gasteiger partial charge < -0.3 is 14.4 Å². The SMILES string of the molecule is CCCN1CCN(S(=O)(=O)c2cc(CO)oc2Br)CC1. The highest BCUT2D eigenvalue weighted by atomic mass is 79.9. The minimum atomic E-state index is -3.57.